The second-order valence-electron chi connectivity index (χ2n) is 3.07. The second kappa shape index (κ2) is 6.62. The van der Waals surface area contributed by atoms with Crippen molar-refractivity contribution in [1.29, 1.82) is 0 Å². The molecule has 0 unspecified atom stereocenters. The number of carbonyl (C=O) groups is 1. The van der Waals surface area contributed by atoms with Gasteiger partial charge in [0.05, 0.1) is 19.6 Å². The summed E-state index contributed by atoms with van der Waals surface area (Å²) in [6.45, 7) is -1.91. The van der Waals surface area contributed by atoms with Crippen molar-refractivity contribution in [2.24, 2.45) is 0 Å². The molecule has 16 heavy (non-hydrogen) atoms. The number of nitrogens with zero attached hydrogens (tertiary/aromatic N) is 1. The van der Waals surface area contributed by atoms with E-state index in [-0.39, 0.29) is 6.54 Å². The molecule has 0 atom stereocenters. The predicted molar refractivity (Wildman–Crippen MR) is 45.0 cm³/mol. The molecule has 0 spiro atoms. The van der Waals surface area contributed by atoms with Gasteiger partial charge >= 0.3 is 6.18 Å². The van der Waals surface area contributed by atoms with E-state index in [1.165, 1.54) is 0 Å². The maximum absolute atomic E-state index is 11.9. The van der Waals surface area contributed by atoms with Crippen LogP contribution in [0, 0.1) is 0 Å². The topological polar surface area (TPSA) is 40.5 Å². The molecule has 0 bridgehead atoms. The maximum atomic E-state index is 11.9. The SMILES string of the molecule is O=C(CCC(F)(F)F)N(CCO)CC(F)F. The van der Waals surface area contributed by atoms with E-state index in [0.717, 1.165) is 0 Å². The minimum atomic E-state index is -4.49. The lowest BCUT2D eigenvalue weighted by molar-refractivity contribution is -0.150. The van der Waals surface area contributed by atoms with Crippen LogP contribution in [0.3, 0.4) is 0 Å². The Kier molecular flexibility index (Phi) is 6.24. The van der Waals surface area contributed by atoms with Crippen LogP contribution in [-0.2, 0) is 4.79 Å². The fourth-order valence-corrected chi connectivity index (χ4v) is 1.01. The Bertz CT molecular complexity index is 219. The van der Waals surface area contributed by atoms with Crippen molar-refractivity contribution in [3.8, 4) is 0 Å². The van der Waals surface area contributed by atoms with E-state index >= 15 is 0 Å². The van der Waals surface area contributed by atoms with Crippen LogP contribution in [0.1, 0.15) is 12.8 Å². The molecule has 0 aromatic rings. The van der Waals surface area contributed by atoms with Crippen LogP contribution in [0.2, 0.25) is 0 Å². The van der Waals surface area contributed by atoms with E-state index in [4.69, 9.17) is 5.11 Å². The number of amides is 1. The van der Waals surface area contributed by atoms with Crippen LogP contribution < -0.4 is 0 Å². The van der Waals surface area contributed by atoms with Gasteiger partial charge in [-0.1, -0.05) is 0 Å². The molecule has 3 nitrogen and oxygen atoms in total. The summed E-state index contributed by atoms with van der Waals surface area (Å²) in [4.78, 5) is 11.6. The van der Waals surface area contributed by atoms with Gasteiger partial charge in [-0.15, -0.1) is 0 Å². The van der Waals surface area contributed by atoms with Gasteiger partial charge in [-0.25, -0.2) is 8.78 Å². The Hall–Kier alpha value is -0.920. The van der Waals surface area contributed by atoms with Crippen LogP contribution in [0.4, 0.5) is 22.0 Å². The van der Waals surface area contributed by atoms with Gasteiger partial charge in [0.15, 0.2) is 0 Å². The Labute approximate surface area is 88.8 Å². The van der Waals surface area contributed by atoms with Crippen molar-refractivity contribution >= 4 is 5.91 Å². The Balaban J connectivity index is 4.16. The number of aliphatic hydroxyl groups is 1. The highest BCUT2D eigenvalue weighted by atomic mass is 19.4. The fourth-order valence-electron chi connectivity index (χ4n) is 1.01. The molecule has 8 heteroatoms. The third-order valence-electron chi connectivity index (χ3n) is 1.70. The molecule has 1 N–H and O–H groups in total. The maximum Gasteiger partial charge on any atom is 0.389 e. The van der Waals surface area contributed by atoms with Crippen LogP contribution >= 0.6 is 0 Å². The Morgan fingerprint density at radius 2 is 1.88 bits per heavy atom. The van der Waals surface area contributed by atoms with Gasteiger partial charge in [-0.05, 0) is 0 Å². The first kappa shape index (κ1) is 15.1. The molecule has 0 saturated heterocycles. The highest BCUT2D eigenvalue weighted by Crippen LogP contribution is 2.21. The van der Waals surface area contributed by atoms with E-state index in [1.807, 2.05) is 0 Å². The van der Waals surface area contributed by atoms with Gasteiger partial charge in [0.25, 0.3) is 6.43 Å². The highest BCUT2D eigenvalue weighted by Gasteiger charge is 2.29. The lowest BCUT2D eigenvalue weighted by Crippen LogP contribution is -2.37. The molecular formula is C8H12F5NO2. The van der Waals surface area contributed by atoms with E-state index in [0.29, 0.717) is 4.90 Å². The van der Waals surface area contributed by atoms with Crippen molar-refractivity contribution in [1.82, 2.24) is 4.90 Å². The summed E-state index contributed by atoms with van der Waals surface area (Å²) in [6, 6.07) is 0. The Morgan fingerprint density at radius 3 is 2.25 bits per heavy atom. The molecule has 0 aromatic heterocycles. The molecule has 0 heterocycles. The van der Waals surface area contributed by atoms with E-state index in [9.17, 15) is 26.7 Å². The summed E-state index contributed by atoms with van der Waals surface area (Å²) in [6.07, 6.45) is -9.56. The zero-order valence-corrected chi connectivity index (χ0v) is 8.31. The zero-order chi connectivity index (χ0) is 12.8. The number of carbonyl (C=O) groups excluding carboxylic acids is 1. The molecule has 0 saturated carbocycles. The van der Waals surface area contributed by atoms with Gasteiger partial charge in [-0.2, -0.15) is 13.2 Å². The molecule has 0 aliphatic rings. The first-order valence-electron chi connectivity index (χ1n) is 4.50. The predicted octanol–water partition coefficient (Wildman–Crippen LogP) is 1.41. The molecular weight excluding hydrogens is 237 g/mol. The summed E-state index contributed by atoms with van der Waals surface area (Å²) >= 11 is 0. The lowest BCUT2D eigenvalue weighted by Gasteiger charge is -2.21. The third kappa shape index (κ3) is 7.38. The molecule has 0 fully saturated rings. The molecule has 1 amide bonds. The standard InChI is InChI=1S/C8H12F5NO2/c9-6(10)5-14(3-4-15)7(16)1-2-8(11,12)13/h6,15H,1-5H2. The smallest absolute Gasteiger partial charge is 0.389 e. The van der Waals surface area contributed by atoms with E-state index in [2.05, 4.69) is 0 Å². The van der Waals surface area contributed by atoms with Gasteiger partial charge < -0.3 is 10.0 Å². The van der Waals surface area contributed by atoms with Crippen LogP contribution in [0.5, 0.6) is 0 Å². The summed E-state index contributed by atoms with van der Waals surface area (Å²) in [5.74, 6) is -1.04. The van der Waals surface area contributed by atoms with Crippen LogP contribution in [0.15, 0.2) is 0 Å². The average Bonchev–Trinajstić information content (AvgIpc) is 2.11. The number of alkyl halides is 5. The largest absolute Gasteiger partial charge is 0.395 e. The van der Waals surface area contributed by atoms with Gasteiger partial charge in [0.2, 0.25) is 5.91 Å². The molecule has 96 valence electrons. The zero-order valence-electron chi connectivity index (χ0n) is 8.31. The lowest BCUT2D eigenvalue weighted by atomic mass is 10.2. The number of aliphatic hydroxyl groups excluding tert-OH is 1. The van der Waals surface area contributed by atoms with Crippen molar-refractivity contribution in [2.45, 2.75) is 25.4 Å². The molecule has 0 aromatic carbocycles. The summed E-state index contributed by atoms with van der Waals surface area (Å²) < 4.78 is 59.2. The number of hydrogen-bond donors (Lipinski definition) is 1. The first-order chi connectivity index (χ1) is 7.26. The van der Waals surface area contributed by atoms with Gasteiger partial charge in [-0.3, -0.25) is 4.79 Å². The highest BCUT2D eigenvalue weighted by molar-refractivity contribution is 5.76. The normalized spacial score (nSPS) is 11.9. The number of halogens is 5. The summed E-state index contributed by atoms with van der Waals surface area (Å²) in [5.41, 5.74) is 0. The molecule has 0 radical (unpaired) electrons. The number of hydrogen-bond acceptors (Lipinski definition) is 2. The number of rotatable bonds is 6. The quantitative estimate of drug-likeness (QED) is 0.723. The van der Waals surface area contributed by atoms with Gasteiger partial charge in [0, 0.05) is 13.0 Å². The van der Waals surface area contributed by atoms with E-state index < -0.39 is 44.5 Å². The van der Waals surface area contributed by atoms with Crippen LogP contribution in [-0.4, -0.2) is 48.2 Å². The fraction of sp³-hybridized carbons (Fsp3) is 0.875. The Morgan fingerprint density at radius 1 is 1.31 bits per heavy atom. The first-order valence-corrected chi connectivity index (χ1v) is 4.50. The minimum absolute atomic E-state index is 0.388. The third-order valence-corrected chi connectivity index (χ3v) is 1.70. The van der Waals surface area contributed by atoms with Crippen LogP contribution in [0.25, 0.3) is 0 Å². The van der Waals surface area contributed by atoms with Gasteiger partial charge in [0.1, 0.15) is 0 Å². The molecule has 0 rings (SSSR count). The van der Waals surface area contributed by atoms with Crippen molar-refractivity contribution in [3.63, 3.8) is 0 Å². The summed E-state index contributed by atoms with van der Waals surface area (Å²) in [5, 5.41) is 8.47. The average molecular weight is 249 g/mol. The van der Waals surface area contributed by atoms with E-state index in [1.54, 1.807) is 0 Å². The monoisotopic (exact) mass is 249 g/mol. The van der Waals surface area contributed by atoms with Crippen molar-refractivity contribution < 1.29 is 31.9 Å². The molecule has 0 aliphatic carbocycles. The van der Waals surface area contributed by atoms with Crippen molar-refractivity contribution in [2.75, 3.05) is 19.7 Å². The van der Waals surface area contributed by atoms with Crippen molar-refractivity contribution in [3.05, 3.63) is 0 Å². The second-order valence-corrected chi connectivity index (χ2v) is 3.07. The minimum Gasteiger partial charge on any atom is -0.395 e. The molecule has 0 aliphatic heterocycles. The summed E-state index contributed by atoms with van der Waals surface area (Å²) in [7, 11) is 0.